The molecule has 1 aliphatic carbocycles. The minimum atomic E-state index is 0.494. The molecule has 0 amide bonds. The number of aryl methyl sites for hydroxylation is 1. The zero-order chi connectivity index (χ0) is 18.8. The number of hydrogen-bond acceptors (Lipinski definition) is 3. The highest BCUT2D eigenvalue weighted by atomic mass is 79.9. The van der Waals surface area contributed by atoms with Crippen LogP contribution in [0.4, 0.5) is 11.4 Å². The topological polar surface area (TPSA) is 37.0 Å². The van der Waals surface area contributed by atoms with E-state index >= 15 is 0 Å². The molecule has 3 aromatic rings. The monoisotopic (exact) mass is 443 g/mol. The minimum absolute atomic E-state index is 0.494. The van der Waals surface area contributed by atoms with Gasteiger partial charge in [-0.25, -0.2) is 0 Å². The van der Waals surface area contributed by atoms with Crippen molar-refractivity contribution >= 4 is 49.8 Å². The third-order valence-corrected chi connectivity index (χ3v) is 5.90. The molecule has 5 heteroatoms. The standard InChI is InChI=1S/C22H23BrClN3/c1-14-10-15(23)12-19(11-14)26-17-3-5-18(6-4-17)27-21-8-9-25-22-13-16(24)2-7-20(21)22/h2,7-13,17-18,26H,3-6H2,1H3,(H,25,27). The van der Waals surface area contributed by atoms with Gasteiger partial charge < -0.3 is 10.6 Å². The first kappa shape index (κ1) is 18.6. The van der Waals surface area contributed by atoms with E-state index in [1.807, 2.05) is 18.3 Å². The second kappa shape index (κ2) is 8.07. The zero-order valence-corrected chi connectivity index (χ0v) is 17.6. The van der Waals surface area contributed by atoms with Crippen LogP contribution in [0, 0.1) is 6.92 Å². The van der Waals surface area contributed by atoms with Gasteiger partial charge >= 0.3 is 0 Å². The number of hydrogen-bond donors (Lipinski definition) is 2. The van der Waals surface area contributed by atoms with E-state index in [0.29, 0.717) is 12.1 Å². The molecule has 3 nitrogen and oxygen atoms in total. The number of nitrogens with one attached hydrogen (secondary N) is 2. The molecule has 0 aliphatic heterocycles. The Bertz CT molecular complexity index is 931. The Balaban J connectivity index is 1.38. The lowest BCUT2D eigenvalue weighted by Gasteiger charge is -2.31. The Hall–Kier alpha value is -1.78. The molecule has 0 radical (unpaired) electrons. The van der Waals surface area contributed by atoms with Crippen LogP contribution in [0.3, 0.4) is 0 Å². The van der Waals surface area contributed by atoms with E-state index in [0.717, 1.165) is 51.8 Å². The van der Waals surface area contributed by atoms with Crippen molar-refractivity contribution in [1.82, 2.24) is 4.98 Å². The number of benzene rings is 2. The van der Waals surface area contributed by atoms with E-state index in [9.17, 15) is 0 Å². The molecular formula is C22H23BrClN3. The molecule has 0 saturated heterocycles. The predicted octanol–water partition coefficient (Wildman–Crippen LogP) is 6.79. The lowest BCUT2D eigenvalue weighted by Crippen LogP contribution is -2.32. The van der Waals surface area contributed by atoms with Gasteiger partial charge in [-0.05, 0) is 80.6 Å². The van der Waals surface area contributed by atoms with Gasteiger partial charge in [0.15, 0.2) is 0 Å². The van der Waals surface area contributed by atoms with Gasteiger partial charge in [0.2, 0.25) is 0 Å². The van der Waals surface area contributed by atoms with Crippen LogP contribution >= 0.6 is 27.5 Å². The number of halogens is 2. The highest BCUT2D eigenvalue weighted by Gasteiger charge is 2.21. The summed E-state index contributed by atoms with van der Waals surface area (Å²) in [6.45, 7) is 2.13. The molecule has 1 fully saturated rings. The van der Waals surface area contributed by atoms with E-state index in [2.05, 4.69) is 68.8 Å². The number of rotatable bonds is 4. The van der Waals surface area contributed by atoms with Crippen molar-refractivity contribution in [2.24, 2.45) is 0 Å². The van der Waals surface area contributed by atoms with Crippen LogP contribution in [-0.4, -0.2) is 17.1 Å². The van der Waals surface area contributed by atoms with Crippen molar-refractivity contribution in [2.75, 3.05) is 10.6 Å². The Morgan fingerprint density at radius 3 is 2.44 bits per heavy atom. The molecular weight excluding hydrogens is 422 g/mol. The fourth-order valence-corrected chi connectivity index (χ4v) is 4.68. The lowest BCUT2D eigenvalue weighted by molar-refractivity contribution is 0.429. The highest BCUT2D eigenvalue weighted by molar-refractivity contribution is 9.10. The molecule has 2 aromatic carbocycles. The fraction of sp³-hybridized carbons (Fsp3) is 0.318. The van der Waals surface area contributed by atoms with Crippen molar-refractivity contribution < 1.29 is 0 Å². The number of aromatic nitrogens is 1. The molecule has 0 bridgehead atoms. The van der Waals surface area contributed by atoms with Crippen LogP contribution in [0.15, 0.2) is 53.1 Å². The number of nitrogens with zero attached hydrogens (tertiary/aromatic N) is 1. The Labute approximate surface area is 173 Å². The van der Waals surface area contributed by atoms with Crippen LogP contribution in [0.1, 0.15) is 31.2 Å². The van der Waals surface area contributed by atoms with Crippen LogP contribution in [-0.2, 0) is 0 Å². The van der Waals surface area contributed by atoms with Gasteiger partial charge in [0.25, 0.3) is 0 Å². The Kier molecular flexibility index (Phi) is 5.55. The normalized spacial score (nSPS) is 19.8. The summed E-state index contributed by atoms with van der Waals surface area (Å²) in [5, 5.41) is 9.28. The van der Waals surface area contributed by atoms with Gasteiger partial charge in [-0.1, -0.05) is 27.5 Å². The fourth-order valence-electron chi connectivity index (χ4n) is 3.90. The summed E-state index contributed by atoms with van der Waals surface area (Å²) >= 11 is 9.68. The van der Waals surface area contributed by atoms with Crippen LogP contribution in [0.25, 0.3) is 10.9 Å². The molecule has 140 valence electrons. The second-order valence-electron chi connectivity index (χ2n) is 7.37. The number of anilines is 2. The van der Waals surface area contributed by atoms with E-state index < -0.39 is 0 Å². The quantitative estimate of drug-likeness (QED) is 0.465. The molecule has 1 aliphatic rings. The first-order valence-electron chi connectivity index (χ1n) is 9.41. The highest BCUT2D eigenvalue weighted by Crippen LogP contribution is 2.29. The molecule has 0 spiro atoms. The molecule has 4 rings (SSSR count). The summed E-state index contributed by atoms with van der Waals surface area (Å²) in [5.41, 5.74) is 4.56. The summed E-state index contributed by atoms with van der Waals surface area (Å²) in [7, 11) is 0. The molecule has 27 heavy (non-hydrogen) atoms. The predicted molar refractivity (Wildman–Crippen MR) is 119 cm³/mol. The molecule has 1 saturated carbocycles. The zero-order valence-electron chi connectivity index (χ0n) is 15.3. The van der Waals surface area contributed by atoms with Crippen molar-refractivity contribution in [3.05, 3.63) is 63.7 Å². The maximum Gasteiger partial charge on any atom is 0.0737 e. The van der Waals surface area contributed by atoms with Crippen LogP contribution in [0.5, 0.6) is 0 Å². The summed E-state index contributed by atoms with van der Waals surface area (Å²) in [6.07, 6.45) is 6.49. The van der Waals surface area contributed by atoms with E-state index in [1.54, 1.807) is 0 Å². The number of pyridine rings is 1. The van der Waals surface area contributed by atoms with Gasteiger partial charge in [-0.15, -0.1) is 0 Å². The third kappa shape index (κ3) is 4.56. The largest absolute Gasteiger partial charge is 0.382 e. The van der Waals surface area contributed by atoms with Crippen molar-refractivity contribution in [3.8, 4) is 0 Å². The van der Waals surface area contributed by atoms with E-state index in [1.165, 1.54) is 11.3 Å². The Morgan fingerprint density at radius 2 is 1.70 bits per heavy atom. The summed E-state index contributed by atoms with van der Waals surface area (Å²) in [5.74, 6) is 0. The first-order chi connectivity index (χ1) is 13.1. The van der Waals surface area contributed by atoms with E-state index in [4.69, 9.17) is 11.6 Å². The van der Waals surface area contributed by atoms with Crippen molar-refractivity contribution in [2.45, 2.75) is 44.7 Å². The summed E-state index contributed by atoms with van der Waals surface area (Å²) in [4.78, 5) is 4.43. The van der Waals surface area contributed by atoms with Crippen LogP contribution < -0.4 is 10.6 Å². The van der Waals surface area contributed by atoms with Gasteiger partial charge in [-0.2, -0.15) is 0 Å². The van der Waals surface area contributed by atoms with Crippen molar-refractivity contribution in [3.63, 3.8) is 0 Å². The van der Waals surface area contributed by atoms with Gasteiger partial charge in [0, 0.05) is 44.5 Å². The maximum absolute atomic E-state index is 6.09. The van der Waals surface area contributed by atoms with Gasteiger partial charge in [0.1, 0.15) is 0 Å². The lowest BCUT2D eigenvalue weighted by atomic mass is 9.90. The average molecular weight is 445 g/mol. The molecule has 1 aromatic heterocycles. The van der Waals surface area contributed by atoms with Gasteiger partial charge in [-0.3, -0.25) is 4.98 Å². The van der Waals surface area contributed by atoms with Crippen molar-refractivity contribution in [1.29, 1.82) is 0 Å². The van der Waals surface area contributed by atoms with Gasteiger partial charge in [0.05, 0.1) is 5.52 Å². The van der Waals surface area contributed by atoms with E-state index in [-0.39, 0.29) is 0 Å². The molecule has 2 N–H and O–H groups in total. The first-order valence-corrected chi connectivity index (χ1v) is 10.6. The number of fused-ring (bicyclic) bond motifs is 1. The second-order valence-corrected chi connectivity index (χ2v) is 8.73. The average Bonchev–Trinajstić information content (AvgIpc) is 2.62. The smallest absolute Gasteiger partial charge is 0.0737 e. The molecule has 0 atom stereocenters. The van der Waals surface area contributed by atoms with Crippen LogP contribution in [0.2, 0.25) is 5.02 Å². The maximum atomic E-state index is 6.09. The molecule has 1 heterocycles. The summed E-state index contributed by atoms with van der Waals surface area (Å²) in [6, 6.07) is 15.5. The molecule has 0 unspecified atom stereocenters. The SMILES string of the molecule is Cc1cc(Br)cc(NC2CCC(Nc3ccnc4cc(Cl)ccc34)CC2)c1. The third-order valence-electron chi connectivity index (χ3n) is 5.20. The Morgan fingerprint density at radius 1 is 0.963 bits per heavy atom. The summed E-state index contributed by atoms with van der Waals surface area (Å²) < 4.78 is 1.13. The minimum Gasteiger partial charge on any atom is -0.382 e.